The van der Waals surface area contributed by atoms with Crippen molar-refractivity contribution in [3.8, 4) is 0 Å². The van der Waals surface area contributed by atoms with Crippen molar-refractivity contribution < 1.29 is 18.0 Å². The van der Waals surface area contributed by atoms with Crippen LogP contribution in [0.15, 0.2) is 36.4 Å². The summed E-state index contributed by atoms with van der Waals surface area (Å²) in [4.78, 5) is 23.8. The first-order valence-electron chi connectivity index (χ1n) is 8.16. The van der Waals surface area contributed by atoms with Gasteiger partial charge in [0.25, 0.3) is 5.91 Å². The molecule has 0 fully saturated rings. The lowest BCUT2D eigenvalue weighted by molar-refractivity contribution is -0.114. The largest absolute Gasteiger partial charge is 0.352 e. The van der Waals surface area contributed by atoms with E-state index in [0.29, 0.717) is 22.2 Å². The Balaban J connectivity index is 2.17. The van der Waals surface area contributed by atoms with Gasteiger partial charge in [-0.15, -0.1) is 0 Å². The summed E-state index contributed by atoms with van der Waals surface area (Å²) in [5.41, 5.74) is 1.42. The molecule has 0 spiro atoms. The average molecular weight is 444 g/mol. The van der Waals surface area contributed by atoms with Gasteiger partial charge in [0, 0.05) is 29.2 Å². The van der Waals surface area contributed by atoms with Crippen LogP contribution in [0.3, 0.4) is 0 Å². The Morgan fingerprint density at radius 2 is 1.68 bits per heavy atom. The lowest BCUT2D eigenvalue weighted by Gasteiger charge is -2.13. The number of carbonyl (C=O) groups excluding carboxylic acids is 2. The van der Waals surface area contributed by atoms with Crippen molar-refractivity contribution in [2.45, 2.75) is 13.3 Å². The number of nitrogens with one attached hydrogen (secondary N) is 3. The maximum atomic E-state index is 12.6. The van der Waals surface area contributed by atoms with E-state index < -0.39 is 15.9 Å². The van der Waals surface area contributed by atoms with Crippen LogP contribution in [-0.4, -0.2) is 33.0 Å². The van der Waals surface area contributed by atoms with Crippen LogP contribution in [0, 0.1) is 0 Å². The topological polar surface area (TPSA) is 104 Å². The molecule has 0 bridgehead atoms. The van der Waals surface area contributed by atoms with E-state index >= 15 is 0 Å². The van der Waals surface area contributed by atoms with E-state index in [2.05, 4.69) is 15.4 Å². The van der Waals surface area contributed by atoms with Crippen molar-refractivity contribution >= 4 is 56.4 Å². The molecule has 7 nitrogen and oxygen atoms in total. The molecule has 0 radical (unpaired) electrons. The first kappa shape index (κ1) is 22.0. The first-order valence-corrected chi connectivity index (χ1v) is 10.8. The maximum Gasteiger partial charge on any atom is 0.253 e. The number of amides is 2. The number of rotatable bonds is 7. The van der Waals surface area contributed by atoms with Crippen molar-refractivity contribution in [2.24, 2.45) is 0 Å². The molecule has 2 amide bonds. The molecule has 0 atom stereocenters. The third-order valence-corrected chi connectivity index (χ3v) is 4.53. The van der Waals surface area contributed by atoms with Crippen LogP contribution < -0.4 is 15.4 Å². The van der Waals surface area contributed by atoms with E-state index in [1.165, 1.54) is 25.1 Å². The third kappa shape index (κ3) is 7.03. The smallest absolute Gasteiger partial charge is 0.253 e. The van der Waals surface area contributed by atoms with Crippen LogP contribution in [0.4, 0.5) is 11.4 Å². The number of hydrogen-bond donors (Lipinski definition) is 3. The Bertz CT molecular complexity index is 990. The minimum absolute atomic E-state index is 0.0841. The summed E-state index contributed by atoms with van der Waals surface area (Å²) in [7, 11) is -3.59. The number of halogens is 2. The van der Waals surface area contributed by atoms with Gasteiger partial charge in [-0.3, -0.25) is 14.3 Å². The van der Waals surface area contributed by atoms with Crippen molar-refractivity contribution in [3.63, 3.8) is 0 Å². The van der Waals surface area contributed by atoms with Gasteiger partial charge in [0.05, 0.1) is 17.5 Å². The summed E-state index contributed by atoms with van der Waals surface area (Å²) in [6.07, 6.45) is 1.46. The highest BCUT2D eigenvalue weighted by atomic mass is 35.5. The summed E-state index contributed by atoms with van der Waals surface area (Å²) >= 11 is 11.9. The molecule has 28 heavy (non-hydrogen) atoms. The van der Waals surface area contributed by atoms with Gasteiger partial charge >= 0.3 is 0 Å². The zero-order valence-electron chi connectivity index (χ0n) is 15.2. The van der Waals surface area contributed by atoms with Crippen LogP contribution >= 0.6 is 23.2 Å². The van der Waals surface area contributed by atoms with Crippen molar-refractivity contribution in [1.29, 1.82) is 0 Å². The molecule has 0 aliphatic rings. The highest BCUT2D eigenvalue weighted by Gasteiger charge is 2.15. The quantitative estimate of drug-likeness (QED) is 0.610. The minimum Gasteiger partial charge on any atom is -0.352 e. The van der Waals surface area contributed by atoms with Crippen molar-refractivity contribution in [3.05, 3.63) is 57.6 Å². The Kier molecular flexibility index (Phi) is 7.29. The van der Waals surface area contributed by atoms with E-state index in [1.807, 2.05) is 0 Å². The van der Waals surface area contributed by atoms with Gasteiger partial charge in [-0.2, -0.15) is 0 Å². The molecule has 0 aliphatic heterocycles. The number of anilines is 2. The SMILES string of the molecule is CC(=O)Nc1ccc(NS(C)(=O)=O)c(C(=O)NCCc2cc(Cl)cc(Cl)c2)c1. The number of carbonyl (C=O) groups is 2. The lowest BCUT2D eigenvalue weighted by Crippen LogP contribution is -2.27. The molecule has 2 rings (SSSR count). The molecule has 2 aromatic carbocycles. The third-order valence-electron chi connectivity index (χ3n) is 3.50. The van der Waals surface area contributed by atoms with Gasteiger partial charge in [-0.1, -0.05) is 23.2 Å². The van der Waals surface area contributed by atoms with Crippen LogP contribution in [-0.2, 0) is 21.2 Å². The minimum atomic E-state index is -3.59. The monoisotopic (exact) mass is 443 g/mol. The van der Waals surface area contributed by atoms with Crippen LogP contribution in [0.2, 0.25) is 10.0 Å². The molecule has 150 valence electrons. The van der Waals surface area contributed by atoms with Gasteiger partial charge < -0.3 is 10.6 Å². The van der Waals surface area contributed by atoms with Crippen molar-refractivity contribution in [2.75, 3.05) is 22.8 Å². The maximum absolute atomic E-state index is 12.6. The summed E-state index contributed by atoms with van der Waals surface area (Å²) in [6.45, 7) is 1.61. The van der Waals surface area contributed by atoms with Crippen LogP contribution in [0.5, 0.6) is 0 Å². The zero-order chi connectivity index (χ0) is 20.9. The lowest BCUT2D eigenvalue weighted by atomic mass is 10.1. The van der Waals surface area contributed by atoms with Crippen LogP contribution in [0.25, 0.3) is 0 Å². The molecule has 0 saturated heterocycles. The molecular formula is C18H19Cl2N3O4S. The summed E-state index contributed by atoms with van der Waals surface area (Å²) in [5, 5.41) is 6.27. The second-order valence-electron chi connectivity index (χ2n) is 6.10. The molecule has 2 aromatic rings. The Morgan fingerprint density at radius 1 is 1.04 bits per heavy atom. The van der Waals surface area contributed by atoms with Gasteiger partial charge in [-0.05, 0) is 48.4 Å². The molecule has 3 N–H and O–H groups in total. The summed E-state index contributed by atoms with van der Waals surface area (Å²) in [5.74, 6) is -0.806. The molecule has 10 heteroatoms. The van der Waals surface area contributed by atoms with Crippen LogP contribution in [0.1, 0.15) is 22.8 Å². The molecule has 0 heterocycles. The van der Waals surface area contributed by atoms with E-state index in [4.69, 9.17) is 23.2 Å². The van der Waals surface area contributed by atoms with Gasteiger partial charge in [0.15, 0.2) is 0 Å². The second-order valence-corrected chi connectivity index (χ2v) is 8.72. The average Bonchev–Trinajstić information content (AvgIpc) is 2.53. The van der Waals surface area contributed by atoms with Gasteiger partial charge in [-0.25, -0.2) is 8.42 Å². The standard InChI is InChI=1S/C18H19Cl2N3O4S/c1-11(24)22-15-3-4-17(23-28(2,26)27)16(10-15)18(25)21-6-5-12-7-13(19)9-14(20)8-12/h3-4,7-10,23H,5-6H2,1-2H3,(H,21,25)(H,22,24). The highest BCUT2D eigenvalue weighted by molar-refractivity contribution is 7.92. The van der Waals surface area contributed by atoms with E-state index in [1.54, 1.807) is 18.2 Å². The fourth-order valence-corrected chi connectivity index (χ4v) is 3.62. The summed E-state index contributed by atoms with van der Waals surface area (Å²) < 4.78 is 25.4. The molecule has 0 saturated carbocycles. The zero-order valence-corrected chi connectivity index (χ0v) is 17.5. The molecule has 0 aliphatic carbocycles. The van der Waals surface area contributed by atoms with E-state index in [-0.39, 0.29) is 23.7 Å². The molecular weight excluding hydrogens is 425 g/mol. The first-order chi connectivity index (χ1) is 13.0. The van der Waals surface area contributed by atoms with Crippen molar-refractivity contribution in [1.82, 2.24) is 5.32 Å². The number of hydrogen-bond acceptors (Lipinski definition) is 4. The predicted octanol–water partition coefficient (Wildman–Crippen LogP) is 3.30. The highest BCUT2D eigenvalue weighted by Crippen LogP contribution is 2.22. The number of sulfonamides is 1. The number of benzene rings is 2. The second kappa shape index (κ2) is 9.27. The Morgan fingerprint density at radius 3 is 2.25 bits per heavy atom. The predicted molar refractivity (Wildman–Crippen MR) is 112 cm³/mol. The Hall–Kier alpha value is -2.29. The van der Waals surface area contributed by atoms with E-state index in [0.717, 1.165) is 11.8 Å². The van der Waals surface area contributed by atoms with Gasteiger partial charge in [0.2, 0.25) is 15.9 Å². The molecule has 0 aromatic heterocycles. The fraction of sp³-hybridized carbons (Fsp3) is 0.222. The van der Waals surface area contributed by atoms with E-state index in [9.17, 15) is 18.0 Å². The summed E-state index contributed by atoms with van der Waals surface area (Å²) in [6, 6.07) is 9.42. The molecule has 0 unspecified atom stereocenters. The fourth-order valence-electron chi connectivity index (χ4n) is 2.47. The van der Waals surface area contributed by atoms with Gasteiger partial charge in [0.1, 0.15) is 0 Å². The normalized spacial score (nSPS) is 11.0. The Labute approximate surface area is 173 Å².